The molecule has 0 unspecified atom stereocenters. The zero-order valence-corrected chi connectivity index (χ0v) is 14.8. The van der Waals surface area contributed by atoms with Gasteiger partial charge in [-0.25, -0.2) is 0 Å². The van der Waals surface area contributed by atoms with Crippen LogP contribution in [0.1, 0.15) is 34.1 Å². The summed E-state index contributed by atoms with van der Waals surface area (Å²) in [6.07, 6.45) is 6.63. The summed E-state index contributed by atoms with van der Waals surface area (Å²) in [4.78, 5) is 0. The van der Waals surface area contributed by atoms with Crippen LogP contribution in [-0.2, 0) is 23.5 Å². The van der Waals surface area contributed by atoms with E-state index in [-0.39, 0.29) is 18.3 Å². The zero-order valence-electron chi connectivity index (χ0n) is 14.8. The van der Waals surface area contributed by atoms with Crippen LogP contribution in [0.15, 0.2) is 0 Å². The number of hydrogen-bond acceptors (Lipinski definition) is 5. The Morgan fingerprint density at radius 2 is 1.87 bits per heavy atom. The van der Waals surface area contributed by atoms with Crippen molar-refractivity contribution in [3.05, 3.63) is 31.0 Å². The molecule has 2 fully saturated rings. The van der Waals surface area contributed by atoms with Crippen molar-refractivity contribution in [3.8, 4) is 0 Å². The number of hydrogen-bond donors (Lipinski definition) is 0. The second-order valence-corrected chi connectivity index (χ2v) is 6.34. The maximum atomic E-state index is 6.01. The minimum absolute atomic E-state index is 0.0528. The molecular weight excluding hydrogens is 295 g/mol. The van der Waals surface area contributed by atoms with E-state index >= 15 is 0 Å². The van der Waals surface area contributed by atoms with Gasteiger partial charge < -0.3 is 23.5 Å². The minimum Gasteiger partial charge on any atom is -0.409 e. The third kappa shape index (κ3) is 5.71. The van der Waals surface area contributed by atoms with Crippen molar-refractivity contribution in [2.24, 2.45) is 0 Å². The van der Waals surface area contributed by atoms with Gasteiger partial charge >= 0.3 is 7.12 Å². The first-order chi connectivity index (χ1) is 11.0. The molecule has 1 aliphatic heterocycles. The number of methoxy groups -OCH3 is 1. The molecule has 0 aromatic rings. The maximum absolute atomic E-state index is 6.01. The van der Waals surface area contributed by atoms with Crippen molar-refractivity contribution >= 4 is 7.12 Å². The molecule has 0 N–H and O–H groups in total. The van der Waals surface area contributed by atoms with Crippen molar-refractivity contribution in [2.45, 2.75) is 58.7 Å². The summed E-state index contributed by atoms with van der Waals surface area (Å²) in [5.74, 6) is 1.94. The van der Waals surface area contributed by atoms with E-state index in [1.54, 1.807) is 7.11 Å². The van der Waals surface area contributed by atoms with Crippen LogP contribution >= 0.6 is 0 Å². The molecule has 23 heavy (non-hydrogen) atoms. The largest absolute Gasteiger partial charge is 0.465 e. The van der Waals surface area contributed by atoms with Gasteiger partial charge in [0.1, 0.15) is 0 Å². The highest BCUT2D eigenvalue weighted by atomic mass is 16.7. The van der Waals surface area contributed by atoms with E-state index in [1.165, 1.54) is 0 Å². The highest BCUT2D eigenvalue weighted by Gasteiger charge is 2.47. The molecule has 0 aromatic heterocycles. The third-order valence-electron chi connectivity index (χ3n) is 3.56. The van der Waals surface area contributed by atoms with E-state index in [0.29, 0.717) is 13.2 Å². The van der Waals surface area contributed by atoms with Gasteiger partial charge in [0.25, 0.3) is 0 Å². The van der Waals surface area contributed by atoms with E-state index in [2.05, 4.69) is 0 Å². The Balaban J connectivity index is 2.01. The average molecular weight is 323 g/mol. The lowest BCUT2D eigenvalue weighted by Gasteiger charge is -2.36. The predicted molar refractivity (Wildman–Crippen MR) is 88.7 cm³/mol. The zero-order chi connectivity index (χ0) is 16.8. The van der Waals surface area contributed by atoms with Crippen molar-refractivity contribution in [2.75, 3.05) is 20.3 Å². The van der Waals surface area contributed by atoms with Crippen LogP contribution in [0.4, 0.5) is 0 Å². The summed E-state index contributed by atoms with van der Waals surface area (Å²) >= 11 is 0. The Labute approximate surface area is 141 Å². The molecule has 6 heteroatoms. The van der Waals surface area contributed by atoms with Gasteiger partial charge in [-0.05, 0) is 53.4 Å². The Morgan fingerprint density at radius 1 is 1.17 bits per heavy atom. The van der Waals surface area contributed by atoms with Gasteiger partial charge in [0.2, 0.25) is 0 Å². The van der Waals surface area contributed by atoms with Crippen LogP contribution in [0, 0.1) is 31.0 Å². The third-order valence-corrected chi connectivity index (χ3v) is 3.56. The summed E-state index contributed by atoms with van der Waals surface area (Å²) < 4.78 is 28.9. The molecule has 0 bridgehead atoms. The lowest BCUT2D eigenvalue weighted by molar-refractivity contribution is -0.209. The monoisotopic (exact) mass is 323 g/mol. The fourth-order valence-electron chi connectivity index (χ4n) is 2.61. The summed E-state index contributed by atoms with van der Waals surface area (Å²) in [5.41, 5.74) is 0. The molecule has 1 heterocycles. The molecule has 2 rings (SSSR count). The van der Waals surface area contributed by atoms with E-state index in [0.717, 1.165) is 18.2 Å². The molecular formula is C17H28BO5. The van der Waals surface area contributed by atoms with E-state index in [4.69, 9.17) is 23.5 Å². The lowest BCUT2D eigenvalue weighted by Crippen LogP contribution is -2.44. The molecule has 2 aliphatic rings. The summed E-state index contributed by atoms with van der Waals surface area (Å²) in [6, 6.07) is 0. The summed E-state index contributed by atoms with van der Waals surface area (Å²) in [7, 11) is 1.26. The second-order valence-electron chi connectivity index (χ2n) is 6.34. The maximum Gasteiger partial charge on any atom is 0.465 e. The average Bonchev–Trinajstić information content (AvgIpc) is 2.95. The Bertz CT molecular complexity index is 327. The first-order valence-corrected chi connectivity index (χ1v) is 8.33. The smallest absolute Gasteiger partial charge is 0.409 e. The number of rotatable bonds is 8. The van der Waals surface area contributed by atoms with Gasteiger partial charge in [0.15, 0.2) is 6.29 Å². The van der Waals surface area contributed by atoms with Crippen LogP contribution in [-0.4, -0.2) is 52.0 Å². The van der Waals surface area contributed by atoms with Crippen LogP contribution in [0.3, 0.4) is 0 Å². The van der Waals surface area contributed by atoms with Crippen molar-refractivity contribution in [3.63, 3.8) is 0 Å². The highest BCUT2D eigenvalue weighted by Crippen LogP contribution is 2.41. The number of ether oxygens (including phenoxy) is 3. The van der Waals surface area contributed by atoms with Crippen molar-refractivity contribution in [1.29, 1.82) is 0 Å². The Kier molecular flexibility index (Phi) is 7.82. The molecule has 5 nitrogen and oxygen atoms in total. The molecule has 0 amide bonds. The lowest BCUT2D eigenvalue weighted by atomic mass is 9.65. The van der Waals surface area contributed by atoms with Gasteiger partial charge in [0, 0.05) is 31.1 Å². The molecule has 0 spiro atoms. The van der Waals surface area contributed by atoms with Crippen LogP contribution in [0.2, 0.25) is 0 Å². The standard InChI is InChI=1S/C17H28BO5/c1-12(2)22-18(23-13(3)4)16-8-6-7-15(16)17-20-10-9-14(21-17)11-19-5/h6-8,12-14,17H,9-11H2,1-5H3/t14-,17-/m0/s1. The van der Waals surface area contributed by atoms with E-state index in [1.807, 2.05) is 47.0 Å². The van der Waals surface area contributed by atoms with Gasteiger partial charge in [-0.2, -0.15) is 0 Å². The fraction of sp³-hybridized carbons (Fsp3) is 0.706. The van der Waals surface area contributed by atoms with Crippen molar-refractivity contribution in [1.82, 2.24) is 0 Å². The molecule has 1 saturated heterocycles. The SMILES string of the molecule is COC[C@@H]1CCO[C@H]([C]2[CH][CH][CH][C]2B(OC(C)C)OC(C)C)O1. The molecule has 5 radical (unpaired) electrons. The molecule has 129 valence electrons. The summed E-state index contributed by atoms with van der Waals surface area (Å²) in [5, 5.41) is 0. The minimum atomic E-state index is -0.421. The molecule has 0 aromatic carbocycles. The normalized spacial score (nSPS) is 27.3. The van der Waals surface area contributed by atoms with Gasteiger partial charge in [0.05, 0.1) is 19.3 Å². The van der Waals surface area contributed by atoms with Crippen LogP contribution in [0.5, 0.6) is 0 Å². The van der Waals surface area contributed by atoms with Crippen LogP contribution in [0.25, 0.3) is 0 Å². The van der Waals surface area contributed by atoms with Gasteiger partial charge in [-0.1, -0.05) is 0 Å². The van der Waals surface area contributed by atoms with E-state index in [9.17, 15) is 0 Å². The molecule has 1 saturated carbocycles. The Morgan fingerprint density at radius 3 is 2.48 bits per heavy atom. The quantitative estimate of drug-likeness (QED) is 0.642. The topological polar surface area (TPSA) is 46.2 Å². The van der Waals surface area contributed by atoms with Crippen LogP contribution < -0.4 is 0 Å². The first-order valence-electron chi connectivity index (χ1n) is 8.33. The van der Waals surface area contributed by atoms with Gasteiger partial charge in [-0.15, -0.1) is 0 Å². The molecule has 2 atom stereocenters. The summed E-state index contributed by atoms with van der Waals surface area (Å²) in [6.45, 7) is 9.24. The predicted octanol–water partition coefficient (Wildman–Crippen LogP) is 2.42. The fourth-order valence-corrected chi connectivity index (χ4v) is 2.61. The second kappa shape index (κ2) is 9.37. The van der Waals surface area contributed by atoms with Gasteiger partial charge in [-0.3, -0.25) is 0 Å². The Hall–Kier alpha value is -0.135. The highest BCUT2D eigenvalue weighted by molar-refractivity contribution is 6.54. The first kappa shape index (κ1) is 19.2. The molecule has 1 aliphatic carbocycles. The van der Waals surface area contributed by atoms with Crippen molar-refractivity contribution < 1.29 is 23.5 Å². The van der Waals surface area contributed by atoms with E-state index < -0.39 is 13.4 Å².